The molecule has 2 aromatic carbocycles. The van der Waals surface area contributed by atoms with Crippen LogP contribution < -0.4 is 9.47 Å². The topological polar surface area (TPSA) is 122 Å². The third kappa shape index (κ3) is 4.03. The molecule has 3 aliphatic heterocycles. The first-order chi connectivity index (χ1) is 18.3. The summed E-state index contributed by atoms with van der Waals surface area (Å²) in [6, 6.07) is 7.35. The number of ether oxygens (including phenoxy) is 2. The molecule has 39 heavy (non-hydrogen) atoms. The van der Waals surface area contributed by atoms with Gasteiger partial charge in [0.25, 0.3) is 5.91 Å². The van der Waals surface area contributed by atoms with Crippen molar-refractivity contribution < 1.29 is 49.8 Å². The first-order valence-electron chi connectivity index (χ1n) is 11.6. The molecule has 6 rings (SSSR count). The Kier molecular flexibility index (Phi) is 5.51. The van der Waals surface area contributed by atoms with Crippen molar-refractivity contribution in [2.75, 3.05) is 26.2 Å². The molecule has 0 fully saturated rings. The van der Waals surface area contributed by atoms with Crippen LogP contribution in [0.1, 0.15) is 17.6 Å². The predicted molar refractivity (Wildman–Crippen MR) is 124 cm³/mol. The third-order valence-corrected chi connectivity index (χ3v) is 8.55. The maximum absolute atomic E-state index is 13.6. The van der Waals surface area contributed by atoms with Crippen molar-refractivity contribution in [2.24, 2.45) is 0 Å². The van der Waals surface area contributed by atoms with Crippen LogP contribution in [0, 0.1) is 6.92 Å². The summed E-state index contributed by atoms with van der Waals surface area (Å²) < 4.78 is 94.9. The van der Waals surface area contributed by atoms with Gasteiger partial charge in [-0.05, 0) is 29.3 Å². The van der Waals surface area contributed by atoms with Crippen LogP contribution in [0.2, 0.25) is 0 Å². The average Bonchev–Trinajstić information content (AvgIpc) is 3.55. The van der Waals surface area contributed by atoms with Crippen LogP contribution in [0.4, 0.5) is 17.6 Å². The molecular formula is C24H19F4N3O7S. The second-order valence-corrected chi connectivity index (χ2v) is 11.3. The summed E-state index contributed by atoms with van der Waals surface area (Å²) in [7, 11) is -4.25. The van der Waals surface area contributed by atoms with Crippen molar-refractivity contribution in [3.63, 3.8) is 0 Å². The highest BCUT2D eigenvalue weighted by molar-refractivity contribution is 7.89. The lowest BCUT2D eigenvalue weighted by Crippen LogP contribution is -2.52. The van der Waals surface area contributed by atoms with Crippen molar-refractivity contribution in [1.82, 2.24) is 14.2 Å². The first kappa shape index (κ1) is 25.6. The molecule has 3 aromatic rings. The van der Waals surface area contributed by atoms with Gasteiger partial charge in [0.05, 0.1) is 4.90 Å². The predicted octanol–water partition coefficient (Wildman–Crippen LogP) is 2.97. The van der Waals surface area contributed by atoms with Crippen LogP contribution in [-0.4, -0.2) is 72.0 Å². The number of aromatic nitrogens is 1. The molecule has 1 unspecified atom stereocenters. The standard InChI is InChI=1S/C24H19F4N3O7S/c1-12-29-20-16(3-2-4-18(20)36-12)21(32)22(33)30-8-13-10-31(11-14(13)9-30)39(34,35)15-5-6-17-19(7-15)38-24(27,28)23(25,26)37-17/h2-7,21,32H,8-11H2,1H3. The number of fused-ring (bicyclic) bond motifs is 2. The largest absolute Gasteiger partial charge is 0.507 e. The Morgan fingerprint density at radius 3 is 2.31 bits per heavy atom. The molecule has 0 radical (unpaired) electrons. The molecule has 4 heterocycles. The van der Waals surface area contributed by atoms with Gasteiger partial charge in [0.15, 0.2) is 29.1 Å². The summed E-state index contributed by atoms with van der Waals surface area (Å²) in [5.74, 6) is -1.77. The fourth-order valence-electron chi connectivity index (χ4n) is 4.84. The second kappa shape index (κ2) is 8.40. The molecule has 1 amide bonds. The number of hydrogen-bond donors (Lipinski definition) is 1. The molecule has 0 aliphatic carbocycles. The van der Waals surface area contributed by atoms with Crippen molar-refractivity contribution in [3.8, 4) is 11.5 Å². The maximum Gasteiger partial charge on any atom is 0.507 e. The number of halogens is 4. The molecular weight excluding hydrogens is 550 g/mol. The smallest absolute Gasteiger partial charge is 0.441 e. The van der Waals surface area contributed by atoms with Crippen LogP contribution in [0.3, 0.4) is 0 Å². The van der Waals surface area contributed by atoms with Crippen molar-refractivity contribution in [2.45, 2.75) is 30.1 Å². The van der Waals surface area contributed by atoms with E-state index < -0.39 is 50.6 Å². The average molecular weight is 569 g/mol. The molecule has 3 aliphatic rings. The SMILES string of the molecule is Cc1nc2c(C(O)C(=O)N3CC4=C(C3)CN(S(=O)(=O)c3ccc5c(c3)OC(F)(F)C(F)(F)O5)C4)cccc2o1. The van der Waals surface area contributed by atoms with E-state index in [1.165, 1.54) is 4.90 Å². The molecule has 0 saturated heterocycles. The van der Waals surface area contributed by atoms with E-state index in [-0.39, 0.29) is 31.7 Å². The normalized spacial score (nSPS) is 20.9. The lowest BCUT2D eigenvalue weighted by Gasteiger charge is -2.32. The number of amides is 1. The monoisotopic (exact) mass is 569 g/mol. The van der Waals surface area contributed by atoms with Gasteiger partial charge in [0.2, 0.25) is 10.0 Å². The molecule has 1 N–H and O–H groups in total. The second-order valence-electron chi connectivity index (χ2n) is 9.35. The van der Waals surface area contributed by atoms with Gasteiger partial charge in [-0.15, -0.1) is 0 Å². The summed E-state index contributed by atoms with van der Waals surface area (Å²) in [6.45, 7) is 1.63. The van der Waals surface area contributed by atoms with Gasteiger partial charge in [-0.2, -0.15) is 21.9 Å². The van der Waals surface area contributed by atoms with Crippen molar-refractivity contribution in [3.05, 3.63) is 59.0 Å². The van der Waals surface area contributed by atoms with E-state index in [4.69, 9.17) is 4.42 Å². The van der Waals surface area contributed by atoms with Gasteiger partial charge in [-0.3, -0.25) is 4.79 Å². The van der Waals surface area contributed by atoms with Crippen LogP contribution in [-0.2, 0) is 14.8 Å². The minimum absolute atomic E-state index is 0.0769. The first-order valence-corrected chi connectivity index (χ1v) is 13.0. The summed E-state index contributed by atoms with van der Waals surface area (Å²) in [6.07, 6.45) is -11.4. The van der Waals surface area contributed by atoms with Crippen LogP contribution in [0.15, 0.2) is 56.9 Å². The molecule has 0 bridgehead atoms. The van der Waals surface area contributed by atoms with E-state index in [2.05, 4.69) is 14.5 Å². The molecule has 15 heteroatoms. The Morgan fingerprint density at radius 2 is 1.64 bits per heavy atom. The fourth-order valence-corrected chi connectivity index (χ4v) is 6.28. The van der Waals surface area contributed by atoms with E-state index in [0.717, 1.165) is 16.4 Å². The number of rotatable bonds is 4. The number of nitrogens with zero attached hydrogens (tertiary/aromatic N) is 3. The summed E-state index contributed by atoms with van der Waals surface area (Å²) in [4.78, 5) is 18.3. The molecule has 10 nitrogen and oxygen atoms in total. The Balaban J connectivity index is 1.15. The molecule has 0 saturated carbocycles. The Hall–Kier alpha value is -3.69. The number of sulfonamides is 1. The zero-order valence-electron chi connectivity index (χ0n) is 20.0. The van der Waals surface area contributed by atoms with Gasteiger partial charge in [-0.25, -0.2) is 13.4 Å². The number of benzene rings is 2. The van der Waals surface area contributed by atoms with E-state index in [1.54, 1.807) is 25.1 Å². The van der Waals surface area contributed by atoms with Gasteiger partial charge < -0.3 is 23.9 Å². The van der Waals surface area contributed by atoms with Crippen molar-refractivity contribution in [1.29, 1.82) is 0 Å². The Bertz CT molecular complexity index is 1650. The van der Waals surface area contributed by atoms with Gasteiger partial charge in [-0.1, -0.05) is 12.1 Å². The zero-order chi connectivity index (χ0) is 27.9. The number of aryl methyl sites for hydroxylation is 1. The third-order valence-electron chi connectivity index (χ3n) is 6.76. The summed E-state index contributed by atoms with van der Waals surface area (Å²) in [5.41, 5.74) is 2.38. The lowest BCUT2D eigenvalue weighted by atomic mass is 10.1. The minimum Gasteiger partial charge on any atom is -0.441 e. The highest BCUT2D eigenvalue weighted by atomic mass is 32.2. The molecule has 206 valence electrons. The Morgan fingerprint density at radius 1 is 1.00 bits per heavy atom. The zero-order valence-corrected chi connectivity index (χ0v) is 20.8. The van der Waals surface area contributed by atoms with Gasteiger partial charge >= 0.3 is 12.2 Å². The fraction of sp³-hybridized carbons (Fsp3) is 0.333. The van der Waals surface area contributed by atoms with E-state index in [9.17, 15) is 35.9 Å². The molecule has 0 spiro atoms. The number of alkyl halides is 4. The number of hydrogen-bond acceptors (Lipinski definition) is 8. The number of aliphatic hydroxyl groups is 1. The number of carbonyl (C=O) groups excluding carboxylic acids is 1. The van der Waals surface area contributed by atoms with Crippen LogP contribution in [0.25, 0.3) is 11.1 Å². The van der Waals surface area contributed by atoms with E-state index >= 15 is 0 Å². The van der Waals surface area contributed by atoms with Gasteiger partial charge in [0.1, 0.15) is 5.52 Å². The molecule has 1 atom stereocenters. The van der Waals surface area contributed by atoms with E-state index in [1.807, 2.05) is 0 Å². The lowest BCUT2D eigenvalue weighted by molar-refractivity contribution is -0.391. The van der Waals surface area contributed by atoms with Gasteiger partial charge in [0, 0.05) is 44.7 Å². The molecule has 1 aromatic heterocycles. The minimum atomic E-state index is -4.99. The van der Waals surface area contributed by atoms with Crippen LogP contribution >= 0.6 is 0 Å². The summed E-state index contributed by atoms with van der Waals surface area (Å²) in [5, 5.41) is 10.8. The van der Waals surface area contributed by atoms with E-state index in [0.29, 0.717) is 34.2 Å². The maximum atomic E-state index is 13.6. The number of oxazole rings is 1. The van der Waals surface area contributed by atoms with Crippen molar-refractivity contribution >= 4 is 27.0 Å². The number of carbonyl (C=O) groups is 1. The summed E-state index contributed by atoms with van der Waals surface area (Å²) >= 11 is 0. The highest BCUT2D eigenvalue weighted by Crippen LogP contribution is 2.47. The quantitative estimate of drug-likeness (QED) is 0.376. The number of para-hydroxylation sites is 1. The highest BCUT2D eigenvalue weighted by Gasteiger charge is 2.66. The number of aliphatic hydroxyl groups excluding tert-OH is 1. The van der Waals surface area contributed by atoms with Crippen LogP contribution in [0.5, 0.6) is 11.5 Å². The Labute approximate surface area is 218 Å².